The Balaban J connectivity index is 1.85. The second-order valence-corrected chi connectivity index (χ2v) is 5.78. The number of hydrogen-bond acceptors (Lipinski definition) is 3. The normalized spacial score (nSPS) is 18.2. The smallest absolute Gasteiger partial charge is 0.264 e. The monoisotopic (exact) mass is 314 g/mol. The Hall–Kier alpha value is -2.04. The number of nitrogens with zero attached hydrogens (tertiary/aromatic N) is 1. The molecule has 0 unspecified atom stereocenters. The predicted molar refractivity (Wildman–Crippen MR) is 88.7 cm³/mol. The molecule has 0 bridgehead atoms. The van der Waals surface area contributed by atoms with Crippen LogP contribution in [0.3, 0.4) is 0 Å². The van der Waals surface area contributed by atoms with Gasteiger partial charge in [0.05, 0.1) is 15.6 Å². The molecule has 104 valence electrons. The summed E-state index contributed by atoms with van der Waals surface area (Å²) in [6.45, 7) is 0. The molecule has 0 saturated carbocycles. The van der Waals surface area contributed by atoms with Crippen LogP contribution in [0.5, 0.6) is 0 Å². The average molecular weight is 315 g/mol. The second-order valence-electron chi connectivity index (χ2n) is 4.34. The van der Waals surface area contributed by atoms with E-state index in [-0.39, 0.29) is 5.91 Å². The van der Waals surface area contributed by atoms with Gasteiger partial charge < -0.3 is 5.32 Å². The van der Waals surface area contributed by atoms with Crippen LogP contribution in [0.15, 0.2) is 64.5 Å². The number of carbonyl (C=O) groups is 1. The minimum absolute atomic E-state index is 0.144. The van der Waals surface area contributed by atoms with Crippen molar-refractivity contribution in [1.82, 2.24) is 5.32 Å². The first-order valence-corrected chi connectivity index (χ1v) is 7.51. The summed E-state index contributed by atoms with van der Waals surface area (Å²) in [5.74, 6) is -0.144. The highest BCUT2D eigenvalue weighted by Crippen LogP contribution is 2.30. The van der Waals surface area contributed by atoms with Gasteiger partial charge in [0.15, 0.2) is 5.17 Å². The van der Waals surface area contributed by atoms with Crippen molar-refractivity contribution >= 4 is 46.2 Å². The molecule has 3 nitrogen and oxygen atoms in total. The highest BCUT2D eigenvalue weighted by Gasteiger charge is 2.23. The Bertz CT molecular complexity index is 741. The Morgan fingerprint density at radius 3 is 2.52 bits per heavy atom. The van der Waals surface area contributed by atoms with Gasteiger partial charge in [-0.1, -0.05) is 54.1 Å². The number of aliphatic imine (C=N–C) groups is 1. The summed E-state index contributed by atoms with van der Waals surface area (Å²) in [7, 11) is 0. The zero-order valence-corrected chi connectivity index (χ0v) is 12.5. The van der Waals surface area contributed by atoms with Crippen molar-refractivity contribution in [2.24, 2.45) is 4.99 Å². The summed E-state index contributed by atoms with van der Waals surface area (Å²) >= 11 is 7.37. The molecule has 0 aromatic heterocycles. The van der Waals surface area contributed by atoms with Gasteiger partial charge in [-0.2, -0.15) is 0 Å². The van der Waals surface area contributed by atoms with Crippen molar-refractivity contribution in [3.63, 3.8) is 0 Å². The third kappa shape index (κ3) is 3.35. The molecular weight excluding hydrogens is 304 g/mol. The van der Waals surface area contributed by atoms with E-state index in [1.807, 2.05) is 48.5 Å². The van der Waals surface area contributed by atoms with E-state index in [1.165, 1.54) is 11.8 Å². The van der Waals surface area contributed by atoms with Crippen LogP contribution in [-0.2, 0) is 4.79 Å². The molecule has 1 saturated heterocycles. The summed E-state index contributed by atoms with van der Waals surface area (Å²) in [4.78, 5) is 16.9. The number of amides is 1. The molecule has 0 aliphatic carbocycles. The number of para-hydroxylation sites is 1. The van der Waals surface area contributed by atoms with E-state index in [0.717, 1.165) is 5.56 Å². The van der Waals surface area contributed by atoms with E-state index < -0.39 is 0 Å². The molecule has 1 amide bonds. The van der Waals surface area contributed by atoms with Crippen LogP contribution in [0.25, 0.3) is 6.08 Å². The lowest BCUT2D eigenvalue weighted by atomic mass is 10.2. The fraction of sp³-hybridized carbons (Fsp3) is 0. The molecule has 2 aromatic carbocycles. The van der Waals surface area contributed by atoms with Crippen molar-refractivity contribution < 1.29 is 4.79 Å². The first-order chi connectivity index (χ1) is 10.2. The number of thioether (sulfide) groups is 1. The van der Waals surface area contributed by atoms with Gasteiger partial charge in [-0.3, -0.25) is 4.79 Å². The molecule has 2 aromatic rings. The molecule has 0 atom stereocenters. The van der Waals surface area contributed by atoms with Crippen molar-refractivity contribution in [3.8, 4) is 0 Å². The third-order valence-electron chi connectivity index (χ3n) is 2.82. The molecule has 1 N–H and O–H groups in total. The van der Waals surface area contributed by atoms with Crippen LogP contribution in [0, 0.1) is 0 Å². The van der Waals surface area contributed by atoms with E-state index in [1.54, 1.807) is 12.1 Å². The van der Waals surface area contributed by atoms with Crippen molar-refractivity contribution in [1.29, 1.82) is 0 Å². The molecule has 3 rings (SSSR count). The van der Waals surface area contributed by atoms with Gasteiger partial charge in [-0.15, -0.1) is 0 Å². The number of amidine groups is 1. The van der Waals surface area contributed by atoms with Gasteiger partial charge in [0, 0.05) is 0 Å². The standard InChI is InChI=1S/C16H11ClN2OS/c17-12-8-4-5-9-13(12)18-16-19-15(20)14(21-16)10-11-6-2-1-3-7-11/h1-10H,(H,18,19,20). The molecular formula is C16H11ClN2OS. The number of rotatable bonds is 2. The summed E-state index contributed by atoms with van der Waals surface area (Å²) in [5.41, 5.74) is 1.62. The molecule has 1 fully saturated rings. The summed E-state index contributed by atoms with van der Waals surface area (Å²) in [6.07, 6.45) is 1.84. The molecule has 21 heavy (non-hydrogen) atoms. The van der Waals surface area contributed by atoms with Gasteiger partial charge in [0.2, 0.25) is 0 Å². The fourth-order valence-electron chi connectivity index (χ4n) is 1.83. The third-order valence-corrected chi connectivity index (χ3v) is 4.05. The summed E-state index contributed by atoms with van der Waals surface area (Å²) in [5, 5.41) is 3.84. The quantitative estimate of drug-likeness (QED) is 0.843. The minimum atomic E-state index is -0.144. The van der Waals surface area contributed by atoms with E-state index in [0.29, 0.717) is 20.8 Å². The van der Waals surface area contributed by atoms with Crippen LogP contribution in [0.4, 0.5) is 5.69 Å². The molecule has 5 heteroatoms. The first-order valence-electron chi connectivity index (χ1n) is 6.31. The molecule has 1 heterocycles. The van der Waals surface area contributed by atoms with Gasteiger partial charge in [-0.25, -0.2) is 4.99 Å². The maximum atomic E-state index is 12.0. The maximum Gasteiger partial charge on any atom is 0.264 e. The zero-order valence-electron chi connectivity index (χ0n) is 10.9. The fourth-order valence-corrected chi connectivity index (χ4v) is 2.85. The zero-order chi connectivity index (χ0) is 14.7. The number of hydrogen-bond donors (Lipinski definition) is 1. The lowest BCUT2D eigenvalue weighted by molar-refractivity contribution is -0.115. The lowest BCUT2D eigenvalue weighted by Crippen LogP contribution is -2.19. The van der Waals surface area contributed by atoms with E-state index in [4.69, 9.17) is 11.6 Å². The van der Waals surface area contributed by atoms with Crippen molar-refractivity contribution in [2.75, 3.05) is 0 Å². The van der Waals surface area contributed by atoms with Gasteiger partial charge >= 0.3 is 0 Å². The Labute approximate surface area is 131 Å². The highest BCUT2D eigenvalue weighted by atomic mass is 35.5. The van der Waals surface area contributed by atoms with Gasteiger partial charge in [0.25, 0.3) is 5.91 Å². The van der Waals surface area contributed by atoms with Crippen molar-refractivity contribution in [3.05, 3.63) is 70.1 Å². The molecule has 1 aliphatic heterocycles. The number of benzene rings is 2. The predicted octanol–water partition coefficient (Wildman–Crippen LogP) is 4.23. The maximum absolute atomic E-state index is 12.0. The van der Waals surface area contributed by atoms with Crippen LogP contribution in [0.2, 0.25) is 5.02 Å². The SMILES string of the molecule is O=C1NC(=Nc2ccccc2Cl)SC1=Cc1ccccc1. The van der Waals surface area contributed by atoms with E-state index >= 15 is 0 Å². The molecule has 1 aliphatic rings. The molecule has 0 radical (unpaired) electrons. The number of carbonyl (C=O) groups excluding carboxylic acids is 1. The Morgan fingerprint density at radius 2 is 1.76 bits per heavy atom. The summed E-state index contributed by atoms with van der Waals surface area (Å²) < 4.78 is 0. The van der Waals surface area contributed by atoms with Crippen molar-refractivity contribution in [2.45, 2.75) is 0 Å². The van der Waals surface area contributed by atoms with E-state index in [9.17, 15) is 4.79 Å². The minimum Gasteiger partial charge on any atom is -0.300 e. The van der Waals surface area contributed by atoms with Crippen LogP contribution in [0.1, 0.15) is 5.56 Å². The lowest BCUT2D eigenvalue weighted by Gasteiger charge is -1.98. The molecule has 0 spiro atoms. The van der Waals surface area contributed by atoms with E-state index in [2.05, 4.69) is 10.3 Å². The second kappa shape index (κ2) is 6.16. The van der Waals surface area contributed by atoms with Gasteiger partial charge in [-0.05, 0) is 35.5 Å². The topological polar surface area (TPSA) is 41.5 Å². The number of nitrogens with one attached hydrogen (secondary N) is 1. The van der Waals surface area contributed by atoms with Gasteiger partial charge in [0.1, 0.15) is 0 Å². The number of halogens is 1. The van der Waals surface area contributed by atoms with Crippen LogP contribution < -0.4 is 5.32 Å². The highest BCUT2D eigenvalue weighted by molar-refractivity contribution is 8.18. The first kappa shape index (κ1) is 13.9. The Kier molecular flexibility index (Phi) is 4.08. The summed E-state index contributed by atoms with van der Waals surface area (Å²) in [6, 6.07) is 17.0. The van der Waals surface area contributed by atoms with Crippen LogP contribution in [-0.4, -0.2) is 11.1 Å². The average Bonchev–Trinajstić information content (AvgIpc) is 2.82. The largest absolute Gasteiger partial charge is 0.300 e. The Morgan fingerprint density at radius 1 is 1.05 bits per heavy atom. The van der Waals surface area contributed by atoms with Crippen LogP contribution >= 0.6 is 23.4 Å².